The van der Waals surface area contributed by atoms with Crippen molar-refractivity contribution in [3.63, 3.8) is 0 Å². The molecule has 0 bridgehead atoms. The summed E-state index contributed by atoms with van der Waals surface area (Å²) in [5, 5.41) is 11.0. The zero-order valence-electron chi connectivity index (χ0n) is 21.4. The maximum Gasteiger partial charge on any atom is 0.242 e. The number of carbonyl (C=O) groups is 1. The van der Waals surface area contributed by atoms with Gasteiger partial charge >= 0.3 is 0 Å². The summed E-state index contributed by atoms with van der Waals surface area (Å²) in [6.45, 7) is 5.60. The van der Waals surface area contributed by atoms with Gasteiger partial charge in [-0.25, -0.2) is 9.97 Å². The molecule has 1 atom stereocenters. The first kappa shape index (κ1) is 27.4. The molecule has 10 heteroatoms. The molecule has 2 aromatic heterocycles. The number of hydrogen-bond acceptors (Lipinski definition) is 6. The van der Waals surface area contributed by atoms with Crippen molar-refractivity contribution in [2.75, 3.05) is 10.6 Å². The van der Waals surface area contributed by atoms with E-state index in [1.54, 1.807) is 12.5 Å². The molecule has 0 spiro atoms. The van der Waals surface area contributed by atoms with Crippen molar-refractivity contribution in [2.45, 2.75) is 45.9 Å². The highest BCUT2D eigenvalue weighted by Crippen LogP contribution is 2.18. The summed E-state index contributed by atoms with van der Waals surface area (Å²) in [5.41, 5.74) is 2.76. The van der Waals surface area contributed by atoms with Gasteiger partial charge in [-0.2, -0.15) is 4.98 Å². The highest BCUT2D eigenvalue weighted by Gasteiger charge is 2.21. The van der Waals surface area contributed by atoms with Gasteiger partial charge in [0, 0.05) is 41.6 Å². The van der Waals surface area contributed by atoms with Crippen LogP contribution in [0.3, 0.4) is 0 Å². The molecule has 4 aromatic rings. The Bertz CT molecular complexity index is 1330. The number of amides is 1. The van der Waals surface area contributed by atoms with Gasteiger partial charge < -0.3 is 20.5 Å². The number of nitrogens with zero attached hydrogens (tertiary/aromatic N) is 4. The topological polar surface area (TPSA) is 96.8 Å². The van der Waals surface area contributed by atoms with Crippen LogP contribution in [-0.2, 0) is 24.4 Å². The maximum atomic E-state index is 13.2. The SMILES string of the molecule is CC(C)C[C@@H](Nc1cc(Cn2ccnc2)nc(NCc2cccc(Cl)c2)n1)C(=O)NCc1ccc(Cl)cc1. The number of imidazole rings is 1. The number of halogens is 2. The zero-order valence-corrected chi connectivity index (χ0v) is 22.9. The Kier molecular flexibility index (Phi) is 9.56. The Morgan fingerprint density at radius 3 is 2.50 bits per heavy atom. The van der Waals surface area contributed by atoms with E-state index in [0.717, 1.165) is 16.8 Å². The number of anilines is 2. The standard InChI is InChI=1S/C28H31Cl2N7O/c1-19(2)12-25(27(38)32-15-20-6-8-22(29)9-7-20)35-26-14-24(17-37-11-10-31-18-37)34-28(36-26)33-16-21-4-3-5-23(30)13-21/h3-11,13-14,18-19,25H,12,15-17H2,1-2H3,(H,32,38)(H2,33,34,35,36)/t25-/m1/s1. The molecule has 0 fully saturated rings. The smallest absolute Gasteiger partial charge is 0.242 e. The summed E-state index contributed by atoms with van der Waals surface area (Å²) in [6.07, 6.45) is 5.97. The minimum Gasteiger partial charge on any atom is -0.358 e. The van der Waals surface area contributed by atoms with Gasteiger partial charge in [0.25, 0.3) is 0 Å². The van der Waals surface area contributed by atoms with E-state index in [-0.39, 0.29) is 5.91 Å². The van der Waals surface area contributed by atoms with Crippen LogP contribution in [0.25, 0.3) is 0 Å². The Morgan fingerprint density at radius 2 is 1.79 bits per heavy atom. The van der Waals surface area contributed by atoms with Gasteiger partial charge in [0.2, 0.25) is 11.9 Å². The minimum absolute atomic E-state index is 0.100. The largest absolute Gasteiger partial charge is 0.358 e. The summed E-state index contributed by atoms with van der Waals surface area (Å²) in [6, 6.07) is 16.4. The van der Waals surface area contributed by atoms with Crippen LogP contribution in [-0.4, -0.2) is 31.5 Å². The molecule has 0 unspecified atom stereocenters. The number of hydrogen-bond donors (Lipinski definition) is 3. The molecule has 198 valence electrons. The predicted molar refractivity (Wildman–Crippen MR) is 152 cm³/mol. The normalized spacial score (nSPS) is 11.8. The van der Waals surface area contributed by atoms with E-state index in [1.165, 1.54) is 0 Å². The molecule has 0 aliphatic carbocycles. The average Bonchev–Trinajstić information content (AvgIpc) is 3.39. The Morgan fingerprint density at radius 1 is 0.974 bits per heavy atom. The van der Waals surface area contributed by atoms with Crippen LogP contribution >= 0.6 is 23.2 Å². The molecule has 2 heterocycles. The predicted octanol–water partition coefficient (Wildman–Crippen LogP) is 5.78. The van der Waals surface area contributed by atoms with E-state index in [0.29, 0.717) is 53.8 Å². The summed E-state index contributed by atoms with van der Waals surface area (Å²) >= 11 is 12.1. The summed E-state index contributed by atoms with van der Waals surface area (Å²) in [4.78, 5) is 26.7. The Balaban J connectivity index is 1.52. The maximum absolute atomic E-state index is 13.2. The fourth-order valence-corrected chi connectivity index (χ4v) is 4.26. The van der Waals surface area contributed by atoms with Crippen LogP contribution in [0.15, 0.2) is 73.3 Å². The highest BCUT2D eigenvalue weighted by molar-refractivity contribution is 6.30. The van der Waals surface area contributed by atoms with E-state index in [9.17, 15) is 4.79 Å². The summed E-state index contributed by atoms with van der Waals surface area (Å²) in [7, 11) is 0. The van der Waals surface area contributed by atoms with Crippen molar-refractivity contribution < 1.29 is 4.79 Å². The van der Waals surface area contributed by atoms with Crippen molar-refractivity contribution >= 4 is 40.9 Å². The van der Waals surface area contributed by atoms with E-state index in [2.05, 4.69) is 44.7 Å². The van der Waals surface area contributed by atoms with Crippen LogP contribution in [0.1, 0.15) is 37.1 Å². The van der Waals surface area contributed by atoms with Gasteiger partial charge in [-0.05, 0) is 47.7 Å². The molecule has 1 amide bonds. The molecule has 0 radical (unpaired) electrons. The lowest BCUT2D eigenvalue weighted by Crippen LogP contribution is -2.40. The van der Waals surface area contributed by atoms with Crippen LogP contribution in [0.5, 0.6) is 0 Å². The second-order valence-electron chi connectivity index (χ2n) is 9.46. The van der Waals surface area contributed by atoms with Crippen LogP contribution < -0.4 is 16.0 Å². The fraction of sp³-hybridized carbons (Fsp3) is 0.286. The molecule has 0 saturated carbocycles. The second kappa shape index (κ2) is 13.3. The number of rotatable bonds is 12. The number of benzene rings is 2. The Hall–Kier alpha value is -3.62. The average molecular weight is 553 g/mol. The van der Waals surface area contributed by atoms with Crippen LogP contribution in [0.2, 0.25) is 10.0 Å². The zero-order chi connectivity index (χ0) is 26.9. The van der Waals surface area contributed by atoms with Gasteiger partial charge in [0.15, 0.2) is 0 Å². The van der Waals surface area contributed by atoms with Gasteiger partial charge in [0.1, 0.15) is 11.9 Å². The lowest BCUT2D eigenvalue weighted by Gasteiger charge is -2.21. The van der Waals surface area contributed by atoms with Crippen molar-refractivity contribution in [3.05, 3.63) is 100 Å². The van der Waals surface area contributed by atoms with Crippen LogP contribution in [0, 0.1) is 5.92 Å². The molecule has 0 aliphatic rings. The molecule has 0 saturated heterocycles. The van der Waals surface area contributed by atoms with E-state index >= 15 is 0 Å². The van der Waals surface area contributed by atoms with E-state index in [1.807, 2.05) is 65.4 Å². The first-order valence-electron chi connectivity index (χ1n) is 12.4. The molecule has 0 aliphatic heterocycles. The van der Waals surface area contributed by atoms with E-state index < -0.39 is 6.04 Å². The molecular weight excluding hydrogens is 521 g/mol. The van der Waals surface area contributed by atoms with Gasteiger partial charge in [-0.1, -0.05) is 61.3 Å². The van der Waals surface area contributed by atoms with Crippen LogP contribution in [0.4, 0.5) is 11.8 Å². The number of carbonyl (C=O) groups excluding carboxylic acids is 1. The number of aromatic nitrogens is 4. The monoisotopic (exact) mass is 551 g/mol. The molecular formula is C28H31Cl2N7O. The second-order valence-corrected chi connectivity index (χ2v) is 10.3. The minimum atomic E-state index is -0.473. The van der Waals surface area contributed by atoms with Crippen molar-refractivity contribution in [1.29, 1.82) is 0 Å². The third-order valence-corrected chi connectivity index (χ3v) is 6.24. The first-order chi connectivity index (χ1) is 18.3. The van der Waals surface area contributed by atoms with Crippen molar-refractivity contribution in [1.82, 2.24) is 24.8 Å². The first-order valence-corrected chi connectivity index (χ1v) is 13.2. The highest BCUT2D eigenvalue weighted by atomic mass is 35.5. The summed E-state index contributed by atoms with van der Waals surface area (Å²) in [5.74, 6) is 1.21. The number of nitrogens with one attached hydrogen (secondary N) is 3. The molecule has 38 heavy (non-hydrogen) atoms. The summed E-state index contributed by atoms with van der Waals surface area (Å²) < 4.78 is 1.93. The lowest BCUT2D eigenvalue weighted by atomic mass is 10.0. The fourth-order valence-electron chi connectivity index (χ4n) is 3.92. The quantitative estimate of drug-likeness (QED) is 0.206. The molecule has 8 nitrogen and oxygen atoms in total. The van der Waals surface area contributed by atoms with Crippen molar-refractivity contribution in [3.8, 4) is 0 Å². The molecule has 4 rings (SSSR count). The molecule has 2 aromatic carbocycles. The van der Waals surface area contributed by atoms with Gasteiger partial charge in [-0.3, -0.25) is 4.79 Å². The molecule has 3 N–H and O–H groups in total. The third-order valence-electron chi connectivity index (χ3n) is 5.75. The van der Waals surface area contributed by atoms with E-state index in [4.69, 9.17) is 23.2 Å². The van der Waals surface area contributed by atoms with Crippen molar-refractivity contribution in [2.24, 2.45) is 5.92 Å². The van der Waals surface area contributed by atoms with Gasteiger partial charge in [0.05, 0.1) is 18.6 Å². The lowest BCUT2D eigenvalue weighted by molar-refractivity contribution is -0.122. The Labute approximate surface area is 232 Å². The third kappa shape index (κ3) is 8.46. The van der Waals surface area contributed by atoms with Gasteiger partial charge in [-0.15, -0.1) is 0 Å².